The maximum Gasteiger partial charge on any atom is 0.312 e. The summed E-state index contributed by atoms with van der Waals surface area (Å²) in [5.74, 6) is -0.592. The molecular formula is C30H46O4. The minimum absolute atomic E-state index is 0.0349. The van der Waals surface area contributed by atoms with Gasteiger partial charge < -0.3 is 10.2 Å². The summed E-state index contributed by atoms with van der Waals surface area (Å²) < 4.78 is 0. The standard InChI is InChI=1S/C30H46O4/c1-25(2)12-13-26(3)14-15-28(5)18(19(26)17-25)16-20(31)23-27(4)10-9-22(32)30(7,24(33)34)21(27)8-11-29(23,28)6/h16,19,21-23,32H,8-15,17H2,1-7H3,(H,33,34)/t19-,21+,22+,23+,26+,27-,28+,29+,30+/m0/s1. The van der Waals surface area contributed by atoms with Crippen molar-refractivity contribution < 1.29 is 19.8 Å². The van der Waals surface area contributed by atoms with E-state index < -0.39 is 22.9 Å². The average molecular weight is 471 g/mol. The molecule has 0 radical (unpaired) electrons. The Kier molecular flexibility index (Phi) is 5.04. The maximum atomic E-state index is 14.2. The molecule has 0 saturated heterocycles. The molecule has 4 saturated carbocycles. The van der Waals surface area contributed by atoms with E-state index in [-0.39, 0.29) is 33.9 Å². The number of allylic oxidation sites excluding steroid dienone is 2. The zero-order valence-corrected chi connectivity index (χ0v) is 22.5. The van der Waals surface area contributed by atoms with Gasteiger partial charge in [-0.05, 0) is 110 Å². The number of fused-ring (bicyclic) bond motifs is 7. The van der Waals surface area contributed by atoms with E-state index >= 15 is 0 Å². The molecule has 4 nitrogen and oxygen atoms in total. The number of carbonyl (C=O) groups excluding carboxylic acids is 1. The first-order valence-corrected chi connectivity index (χ1v) is 13.7. The molecule has 5 rings (SSSR count). The lowest BCUT2D eigenvalue weighted by Crippen LogP contribution is -2.67. The van der Waals surface area contributed by atoms with Gasteiger partial charge in [-0.1, -0.05) is 47.1 Å². The molecule has 0 aromatic carbocycles. The highest BCUT2D eigenvalue weighted by molar-refractivity contribution is 5.96. The van der Waals surface area contributed by atoms with E-state index in [0.29, 0.717) is 17.8 Å². The van der Waals surface area contributed by atoms with Crippen LogP contribution in [0.25, 0.3) is 0 Å². The summed E-state index contributed by atoms with van der Waals surface area (Å²) in [5, 5.41) is 21.1. The molecule has 0 amide bonds. The number of hydrogen-bond acceptors (Lipinski definition) is 3. The van der Waals surface area contributed by atoms with E-state index in [2.05, 4.69) is 47.6 Å². The summed E-state index contributed by atoms with van der Waals surface area (Å²) in [4.78, 5) is 26.7. The van der Waals surface area contributed by atoms with Gasteiger partial charge in [-0.2, -0.15) is 0 Å². The molecule has 4 fully saturated rings. The summed E-state index contributed by atoms with van der Waals surface area (Å²) in [7, 11) is 0. The Balaban J connectivity index is 1.64. The number of aliphatic hydroxyl groups is 1. The van der Waals surface area contributed by atoms with Gasteiger partial charge >= 0.3 is 5.97 Å². The summed E-state index contributed by atoms with van der Waals surface area (Å²) in [6.07, 6.45) is 10.00. The van der Waals surface area contributed by atoms with E-state index in [4.69, 9.17) is 0 Å². The van der Waals surface area contributed by atoms with Crippen molar-refractivity contribution in [1.82, 2.24) is 0 Å². The van der Waals surface area contributed by atoms with Gasteiger partial charge in [0.15, 0.2) is 5.78 Å². The summed E-state index contributed by atoms with van der Waals surface area (Å²) in [6.45, 7) is 16.0. The molecule has 0 spiro atoms. The van der Waals surface area contributed by atoms with Crippen molar-refractivity contribution in [1.29, 1.82) is 0 Å². The molecule has 2 N–H and O–H groups in total. The number of carboxylic acids is 1. The average Bonchev–Trinajstić information content (AvgIpc) is 2.73. The van der Waals surface area contributed by atoms with Gasteiger partial charge in [-0.15, -0.1) is 0 Å². The number of carbonyl (C=O) groups is 2. The van der Waals surface area contributed by atoms with Crippen molar-refractivity contribution in [3.63, 3.8) is 0 Å². The minimum Gasteiger partial charge on any atom is -0.481 e. The van der Waals surface area contributed by atoms with Crippen LogP contribution in [0.1, 0.15) is 106 Å². The predicted molar refractivity (Wildman–Crippen MR) is 133 cm³/mol. The van der Waals surface area contributed by atoms with Crippen molar-refractivity contribution in [2.75, 3.05) is 0 Å². The largest absolute Gasteiger partial charge is 0.481 e. The molecule has 34 heavy (non-hydrogen) atoms. The van der Waals surface area contributed by atoms with Crippen LogP contribution in [0, 0.1) is 50.2 Å². The lowest BCUT2D eigenvalue weighted by atomic mass is 9.33. The van der Waals surface area contributed by atoms with Gasteiger partial charge in [0.1, 0.15) is 0 Å². The van der Waals surface area contributed by atoms with Crippen molar-refractivity contribution in [2.45, 2.75) is 112 Å². The number of carboxylic acid groups (broad SMARTS) is 1. The second-order valence-electron chi connectivity index (χ2n) is 15.0. The molecule has 0 heterocycles. The van der Waals surface area contributed by atoms with Gasteiger partial charge in [-0.3, -0.25) is 9.59 Å². The third-order valence-electron chi connectivity index (χ3n) is 12.9. The minimum atomic E-state index is -1.20. The molecule has 5 aliphatic carbocycles. The van der Waals surface area contributed by atoms with E-state index in [1.165, 1.54) is 24.8 Å². The van der Waals surface area contributed by atoms with Crippen LogP contribution in [0.4, 0.5) is 0 Å². The topological polar surface area (TPSA) is 74.6 Å². The van der Waals surface area contributed by atoms with E-state index in [1.807, 2.05) is 0 Å². The van der Waals surface area contributed by atoms with Gasteiger partial charge in [-0.25, -0.2) is 0 Å². The second-order valence-corrected chi connectivity index (χ2v) is 15.0. The van der Waals surface area contributed by atoms with Crippen LogP contribution in [-0.4, -0.2) is 28.1 Å². The van der Waals surface area contributed by atoms with Crippen LogP contribution in [0.2, 0.25) is 0 Å². The number of hydrogen-bond donors (Lipinski definition) is 2. The number of aliphatic carboxylic acids is 1. The Morgan fingerprint density at radius 1 is 0.912 bits per heavy atom. The first kappa shape index (κ1) is 24.5. The molecule has 5 aliphatic rings. The van der Waals surface area contributed by atoms with Crippen molar-refractivity contribution in [3.8, 4) is 0 Å². The molecule has 4 heteroatoms. The molecular weight excluding hydrogens is 424 g/mol. The highest BCUT2D eigenvalue weighted by atomic mass is 16.4. The first-order valence-electron chi connectivity index (χ1n) is 13.7. The fraction of sp³-hybridized carbons (Fsp3) is 0.867. The zero-order valence-electron chi connectivity index (χ0n) is 22.5. The molecule has 0 unspecified atom stereocenters. The lowest BCUT2D eigenvalue weighted by Gasteiger charge is -2.70. The molecule has 0 aromatic heterocycles. The Bertz CT molecular complexity index is 965. The summed E-state index contributed by atoms with van der Waals surface area (Å²) in [5.41, 5.74) is 0.179. The van der Waals surface area contributed by atoms with Gasteiger partial charge in [0.25, 0.3) is 0 Å². The summed E-state index contributed by atoms with van der Waals surface area (Å²) in [6, 6.07) is 0. The van der Waals surface area contributed by atoms with E-state index in [9.17, 15) is 19.8 Å². The second kappa shape index (κ2) is 6.99. The fourth-order valence-corrected chi connectivity index (χ4v) is 10.3. The molecule has 0 bridgehead atoms. The van der Waals surface area contributed by atoms with Gasteiger partial charge in [0.05, 0.1) is 11.5 Å². The third kappa shape index (κ3) is 2.81. The van der Waals surface area contributed by atoms with Crippen LogP contribution in [0.3, 0.4) is 0 Å². The Morgan fingerprint density at radius 3 is 2.21 bits per heavy atom. The van der Waals surface area contributed by atoms with Gasteiger partial charge in [0, 0.05) is 5.92 Å². The maximum absolute atomic E-state index is 14.2. The first-order chi connectivity index (χ1) is 15.6. The van der Waals surface area contributed by atoms with Crippen LogP contribution < -0.4 is 0 Å². The highest BCUT2D eigenvalue weighted by Crippen LogP contribution is 2.75. The SMILES string of the molecule is CC1(C)CC[C@]2(C)CC[C@]3(C)C(=CC(=O)[C@@H]4[C@@]5(C)CC[C@@H](O)[C@](C)(C(=O)O)[C@@H]5CC[C@]43C)[C@@H]2C1. The van der Waals surface area contributed by atoms with Crippen molar-refractivity contribution in [3.05, 3.63) is 11.6 Å². The van der Waals surface area contributed by atoms with Crippen molar-refractivity contribution >= 4 is 11.8 Å². The molecule has 0 aromatic rings. The normalized spacial score (nSPS) is 54.1. The molecule has 0 aliphatic heterocycles. The predicted octanol–water partition coefficient (Wildman–Crippen LogP) is 6.41. The smallest absolute Gasteiger partial charge is 0.312 e. The monoisotopic (exact) mass is 470 g/mol. The molecule has 190 valence electrons. The van der Waals surface area contributed by atoms with E-state index in [1.54, 1.807) is 6.92 Å². The van der Waals surface area contributed by atoms with Crippen LogP contribution in [0.15, 0.2) is 11.6 Å². The lowest BCUT2D eigenvalue weighted by molar-refractivity contribution is -0.214. The highest BCUT2D eigenvalue weighted by Gasteiger charge is 2.71. The Hall–Kier alpha value is -1.16. The Morgan fingerprint density at radius 2 is 1.56 bits per heavy atom. The van der Waals surface area contributed by atoms with Crippen molar-refractivity contribution in [2.24, 2.45) is 50.2 Å². The quantitative estimate of drug-likeness (QED) is 0.464. The third-order valence-corrected chi connectivity index (χ3v) is 12.9. The summed E-state index contributed by atoms with van der Waals surface area (Å²) >= 11 is 0. The fourth-order valence-electron chi connectivity index (χ4n) is 10.3. The Labute approximate surface area is 206 Å². The molecule has 9 atom stereocenters. The van der Waals surface area contributed by atoms with E-state index in [0.717, 1.165) is 32.1 Å². The zero-order chi connectivity index (χ0) is 25.1. The van der Waals surface area contributed by atoms with Gasteiger partial charge in [0.2, 0.25) is 0 Å². The van der Waals surface area contributed by atoms with Crippen LogP contribution in [-0.2, 0) is 9.59 Å². The number of aliphatic hydroxyl groups excluding tert-OH is 1. The van der Waals surface area contributed by atoms with Crippen LogP contribution in [0.5, 0.6) is 0 Å². The number of ketones is 1. The van der Waals surface area contributed by atoms with Crippen LogP contribution >= 0.6 is 0 Å². The number of rotatable bonds is 1.